The number of thioether (sulfide) groups is 1. The Morgan fingerprint density at radius 2 is 1.88 bits per heavy atom. The van der Waals surface area contributed by atoms with Crippen molar-refractivity contribution in [3.63, 3.8) is 0 Å². The number of aryl methyl sites for hydroxylation is 1. The number of nitrogens with one attached hydrogen (secondary N) is 2. The number of amides is 1. The van der Waals surface area contributed by atoms with Gasteiger partial charge in [-0.2, -0.15) is 0 Å². The van der Waals surface area contributed by atoms with Crippen LogP contribution in [0.4, 0.5) is 0 Å². The first-order chi connectivity index (χ1) is 11.4. The summed E-state index contributed by atoms with van der Waals surface area (Å²) in [7, 11) is -3.50. The second-order valence-electron chi connectivity index (χ2n) is 5.19. The summed E-state index contributed by atoms with van der Waals surface area (Å²) in [5, 5.41) is 2.65. The highest BCUT2D eigenvalue weighted by molar-refractivity contribution is 7.99. The van der Waals surface area contributed by atoms with Gasteiger partial charge in [0, 0.05) is 29.0 Å². The molecule has 8 heteroatoms. The zero-order valence-corrected chi connectivity index (χ0v) is 16.0. The monoisotopic (exact) mass is 384 g/mol. The van der Waals surface area contributed by atoms with Gasteiger partial charge in [0.05, 0.1) is 6.54 Å². The molecule has 0 unspecified atom stereocenters. The van der Waals surface area contributed by atoms with Gasteiger partial charge < -0.3 is 5.32 Å². The van der Waals surface area contributed by atoms with E-state index in [-0.39, 0.29) is 10.1 Å². The lowest BCUT2D eigenvalue weighted by Gasteiger charge is -2.05. The fourth-order valence-electron chi connectivity index (χ4n) is 1.86. The highest BCUT2D eigenvalue weighted by Crippen LogP contribution is 2.22. The van der Waals surface area contributed by atoms with Crippen LogP contribution in [0, 0.1) is 6.92 Å². The molecule has 0 saturated carbocycles. The molecule has 2 N–H and O–H groups in total. The Hall–Kier alpha value is -1.35. The summed E-state index contributed by atoms with van der Waals surface area (Å²) in [6.45, 7) is 4.17. The van der Waals surface area contributed by atoms with E-state index in [0.717, 1.165) is 9.77 Å². The summed E-state index contributed by atoms with van der Waals surface area (Å²) < 4.78 is 27.4. The molecular weight excluding hydrogens is 364 g/mol. The Balaban J connectivity index is 1.82. The average molecular weight is 385 g/mol. The van der Waals surface area contributed by atoms with E-state index in [4.69, 9.17) is 0 Å². The maximum Gasteiger partial charge on any atom is 0.250 e. The lowest BCUT2D eigenvalue weighted by Crippen LogP contribution is -2.25. The molecule has 2 rings (SSSR count). The normalized spacial score (nSPS) is 11.4. The maximum atomic E-state index is 12.2. The number of benzene rings is 1. The number of carbonyl (C=O) groups excluding carboxylic acids is 1. The molecule has 1 amide bonds. The van der Waals surface area contributed by atoms with Crippen molar-refractivity contribution in [2.45, 2.75) is 29.5 Å². The molecular formula is C16H20N2O3S3. The Labute approximate surface area is 150 Å². The first-order valence-corrected chi connectivity index (χ1v) is 10.7. The molecule has 0 aliphatic rings. The summed E-state index contributed by atoms with van der Waals surface area (Å²) >= 11 is 2.78. The minimum atomic E-state index is -3.50. The third-order valence-electron chi connectivity index (χ3n) is 3.10. The van der Waals surface area contributed by atoms with Gasteiger partial charge in [-0.15, -0.1) is 23.1 Å². The van der Waals surface area contributed by atoms with Gasteiger partial charge in [-0.3, -0.25) is 4.79 Å². The molecule has 0 spiro atoms. The van der Waals surface area contributed by atoms with E-state index < -0.39 is 10.0 Å². The predicted molar refractivity (Wildman–Crippen MR) is 98.9 cm³/mol. The third kappa shape index (κ3) is 5.94. The number of rotatable bonds is 8. The average Bonchev–Trinajstić information content (AvgIpc) is 3.01. The van der Waals surface area contributed by atoms with Gasteiger partial charge in [0.15, 0.2) is 0 Å². The van der Waals surface area contributed by atoms with Crippen LogP contribution in [-0.2, 0) is 21.4 Å². The van der Waals surface area contributed by atoms with Crippen molar-refractivity contribution in [3.8, 4) is 0 Å². The van der Waals surface area contributed by atoms with Crippen molar-refractivity contribution in [2.24, 2.45) is 0 Å². The van der Waals surface area contributed by atoms with Gasteiger partial charge in [0.2, 0.25) is 15.9 Å². The predicted octanol–water partition coefficient (Wildman–Crippen LogP) is 2.76. The number of hydrogen-bond donors (Lipinski definition) is 2. The van der Waals surface area contributed by atoms with Gasteiger partial charge in [-0.05, 0) is 31.2 Å². The molecule has 0 aliphatic carbocycles. The summed E-state index contributed by atoms with van der Waals surface area (Å²) in [5.74, 6) is 0.519. The summed E-state index contributed by atoms with van der Waals surface area (Å²) in [6.07, 6.45) is 0. The van der Waals surface area contributed by atoms with Crippen LogP contribution >= 0.6 is 23.1 Å². The van der Waals surface area contributed by atoms with Gasteiger partial charge in [-0.1, -0.05) is 17.7 Å². The molecule has 1 heterocycles. The maximum absolute atomic E-state index is 12.2. The Kier molecular flexibility index (Phi) is 6.85. The van der Waals surface area contributed by atoms with Gasteiger partial charge >= 0.3 is 0 Å². The molecule has 0 bridgehead atoms. The molecule has 1 aromatic heterocycles. The first kappa shape index (κ1) is 19.0. The van der Waals surface area contributed by atoms with Crippen LogP contribution in [-0.4, -0.2) is 26.6 Å². The SMILES string of the molecule is CC(=O)NCc1ccc(S(=O)(=O)NCCSc2ccc(C)cc2)s1. The zero-order valence-electron chi connectivity index (χ0n) is 13.5. The standard InChI is InChI=1S/C16H20N2O3S3/c1-12-3-5-14(6-4-12)22-10-9-18-24(20,21)16-8-7-15(23-16)11-17-13(2)19/h3-8,18H,9-11H2,1-2H3,(H,17,19). The summed E-state index contributed by atoms with van der Waals surface area (Å²) in [5.41, 5.74) is 1.20. The highest BCUT2D eigenvalue weighted by Gasteiger charge is 2.16. The van der Waals surface area contributed by atoms with Crippen LogP contribution in [0.3, 0.4) is 0 Å². The second kappa shape index (κ2) is 8.66. The van der Waals surface area contributed by atoms with Crippen LogP contribution < -0.4 is 10.0 Å². The lowest BCUT2D eigenvalue weighted by atomic mass is 10.2. The number of carbonyl (C=O) groups is 1. The molecule has 2 aromatic rings. The van der Waals surface area contributed by atoms with Crippen molar-refractivity contribution in [2.75, 3.05) is 12.3 Å². The molecule has 0 radical (unpaired) electrons. The van der Waals surface area contributed by atoms with E-state index in [1.54, 1.807) is 23.9 Å². The van der Waals surface area contributed by atoms with Gasteiger partial charge in [-0.25, -0.2) is 13.1 Å². The first-order valence-electron chi connectivity index (χ1n) is 7.39. The molecule has 1 aromatic carbocycles. The minimum absolute atomic E-state index is 0.140. The Bertz CT molecular complexity index is 783. The van der Waals surface area contributed by atoms with Crippen LogP contribution in [0.5, 0.6) is 0 Å². The Morgan fingerprint density at radius 3 is 2.54 bits per heavy atom. The largest absolute Gasteiger partial charge is 0.351 e. The van der Waals surface area contributed by atoms with Crippen LogP contribution in [0.2, 0.25) is 0 Å². The van der Waals surface area contributed by atoms with E-state index in [9.17, 15) is 13.2 Å². The zero-order chi connectivity index (χ0) is 17.6. The lowest BCUT2D eigenvalue weighted by molar-refractivity contribution is -0.119. The van der Waals surface area contributed by atoms with Gasteiger partial charge in [0.25, 0.3) is 0 Å². The summed E-state index contributed by atoms with van der Waals surface area (Å²) in [6, 6.07) is 11.4. The topological polar surface area (TPSA) is 75.3 Å². The number of hydrogen-bond acceptors (Lipinski definition) is 5. The van der Waals surface area contributed by atoms with Crippen molar-refractivity contribution < 1.29 is 13.2 Å². The second-order valence-corrected chi connectivity index (χ2v) is 9.52. The minimum Gasteiger partial charge on any atom is -0.351 e. The molecule has 0 fully saturated rings. The van der Waals surface area contributed by atoms with Crippen molar-refractivity contribution in [1.82, 2.24) is 10.0 Å². The third-order valence-corrected chi connectivity index (χ3v) is 7.15. The molecule has 130 valence electrons. The summed E-state index contributed by atoms with van der Waals surface area (Å²) in [4.78, 5) is 12.8. The quantitative estimate of drug-likeness (QED) is 0.542. The number of sulfonamides is 1. The highest BCUT2D eigenvalue weighted by atomic mass is 32.2. The van der Waals surface area contributed by atoms with E-state index in [1.807, 2.05) is 31.2 Å². The van der Waals surface area contributed by atoms with Crippen LogP contribution in [0.1, 0.15) is 17.4 Å². The fourth-order valence-corrected chi connectivity index (χ4v) is 5.13. The molecule has 0 saturated heterocycles. The fraction of sp³-hybridized carbons (Fsp3) is 0.312. The number of thiophene rings is 1. The van der Waals surface area contributed by atoms with E-state index in [0.29, 0.717) is 18.8 Å². The van der Waals surface area contributed by atoms with Crippen molar-refractivity contribution in [1.29, 1.82) is 0 Å². The van der Waals surface area contributed by atoms with Gasteiger partial charge in [0.1, 0.15) is 4.21 Å². The van der Waals surface area contributed by atoms with Crippen LogP contribution in [0.25, 0.3) is 0 Å². The molecule has 0 atom stereocenters. The smallest absolute Gasteiger partial charge is 0.250 e. The Morgan fingerprint density at radius 1 is 1.17 bits per heavy atom. The van der Waals surface area contributed by atoms with Crippen molar-refractivity contribution >= 4 is 39.0 Å². The van der Waals surface area contributed by atoms with E-state index in [2.05, 4.69) is 10.0 Å². The van der Waals surface area contributed by atoms with Crippen LogP contribution in [0.15, 0.2) is 45.5 Å². The van der Waals surface area contributed by atoms with Crippen molar-refractivity contribution in [3.05, 3.63) is 46.8 Å². The molecule has 24 heavy (non-hydrogen) atoms. The van der Waals surface area contributed by atoms with E-state index >= 15 is 0 Å². The molecule has 5 nitrogen and oxygen atoms in total. The molecule has 0 aliphatic heterocycles. The van der Waals surface area contributed by atoms with E-state index in [1.165, 1.54) is 23.8 Å².